The van der Waals surface area contributed by atoms with Crippen molar-refractivity contribution >= 4 is 15.9 Å². The van der Waals surface area contributed by atoms with Crippen molar-refractivity contribution in [1.82, 2.24) is 0 Å². The van der Waals surface area contributed by atoms with Gasteiger partial charge in [-0.1, -0.05) is 6.07 Å². The first kappa shape index (κ1) is 10.6. The third-order valence-corrected chi connectivity index (χ3v) is 2.61. The van der Waals surface area contributed by atoms with Crippen LogP contribution in [0.3, 0.4) is 0 Å². The Hall–Kier alpha value is -0.500. The molecule has 0 N–H and O–H groups in total. The zero-order chi connectivity index (χ0) is 10.0. The standard InChI is InChI=1S/C11H15BrO/c1-7(2)13-11-9(4)8(3)5-6-10(11)12/h5-7H,1-4H3. The molecule has 0 aliphatic heterocycles. The van der Waals surface area contributed by atoms with E-state index in [2.05, 4.69) is 35.8 Å². The monoisotopic (exact) mass is 242 g/mol. The van der Waals surface area contributed by atoms with Gasteiger partial charge in [-0.15, -0.1) is 0 Å². The van der Waals surface area contributed by atoms with Crippen LogP contribution in [0.25, 0.3) is 0 Å². The number of halogens is 1. The van der Waals surface area contributed by atoms with Gasteiger partial charge in [-0.3, -0.25) is 0 Å². The maximum Gasteiger partial charge on any atom is 0.137 e. The van der Waals surface area contributed by atoms with Gasteiger partial charge in [0.15, 0.2) is 0 Å². The van der Waals surface area contributed by atoms with E-state index in [9.17, 15) is 0 Å². The number of hydrogen-bond acceptors (Lipinski definition) is 1. The van der Waals surface area contributed by atoms with Crippen LogP contribution in [0.1, 0.15) is 25.0 Å². The van der Waals surface area contributed by atoms with Crippen LogP contribution in [-0.4, -0.2) is 6.10 Å². The first-order valence-electron chi connectivity index (χ1n) is 4.44. The first-order valence-corrected chi connectivity index (χ1v) is 5.24. The van der Waals surface area contributed by atoms with Crippen LogP contribution in [-0.2, 0) is 0 Å². The summed E-state index contributed by atoms with van der Waals surface area (Å²) in [5.74, 6) is 0.968. The van der Waals surface area contributed by atoms with E-state index in [1.54, 1.807) is 0 Å². The average molecular weight is 243 g/mol. The summed E-state index contributed by atoms with van der Waals surface area (Å²) in [4.78, 5) is 0. The smallest absolute Gasteiger partial charge is 0.137 e. The molecule has 0 aliphatic rings. The maximum atomic E-state index is 5.71. The van der Waals surface area contributed by atoms with Gasteiger partial charge in [0.05, 0.1) is 10.6 Å². The largest absolute Gasteiger partial charge is 0.490 e. The van der Waals surface area contributed by atoms with Gasteiger partial charge in [0.2, 0.25) is 0 Å². The summed E-state index contributed by atoms with van der Waals surface area (Å²) in [6.45, 7) is 8.25. The number of ether oxygens (including phenoxy) is 1. The quantitative estimate of drug-likeness (QED) is 0.766. The molecule has 0 saturated carbocycles. The second-order valence-corrected chi connectivity index (χ2v) is 4.34. The number of aryl methyl sites for hydroxylation is 1. The Labute approximate surface area is 88.2 Å². The van der Waals surface area contributed by atoms with Crippen molar-refractivity contribution in [2.75, 3.05) is 0 Å². The molecule has 1 aromatic rings. The molecule has 13 heavy (non-hydrogen) atoms. The van der Waals surface area contributed by atoms with Crippen molar-refractivity contribution in [2.45, 2.75) is 33.8 Å². The minimum absolute atomic E-state index is 0.219. The molecule has 0 spiro atoms. The Morgan fingerprint density at radius 2 is 1.85 bits per heavy atom. The molecular weight excluding hydrogens is 228 g/mol. The lowest BCUT2D eigenvalue weighted by atomic mass is 10.1. The third-order valence-electron chi connectivity index (χ3n) is 1.98. The second kappa shape index (κ2) is 4.14. The Morgan fingerprint density at radius 1 is 1.23 bits per heavy atom. The summed E-state index contributed by atoms with van der Waals surface area (Å²) in [6.07, 6.45) is 0.219. The van der Waals surface area contributed by atoms with E-state index >= 15 is 0 Å². The van der Waals surface area contributed by atoms with Crippen LogP contribution in [0.5, 0.6) is 5.75 Å². The molecule has 0 atom stereocenters. The van der Waals surface area contributed by atoms with Crippen molar-refractivity contribution in [3.8, 4) is 5.75 Å². The van der Waals surface area contributed by atoms with Crippen molar-refractivity contribution < 1.29 is 4.74 Å². The lowest BCUT2D eigenvalue weighted by Crippen LogP contribution is -2.07. The van der Waals surface area contributed by atoms with Crippen LogP contribution < -0.4 is 4.74 Å². The number of hydrogen-bond donors (Lipinski definition) is 0. The van der Waals surface area contributed by atoms with E-state index < -0.39 is 0 Å². The molecule has 2 heteroatoms. The number of benzene rings is 1. The second-order valence-electron chi connectivity index (χ2n) is 3.49. The molecule has 0 saturated heterocycles. The van der Waals surface area contributed by atoms with Crippen molar-refractivity contribution in [3.63, 3.8) is 0 Å². The minimum atomic E-state index is 0.219. The lowest BCUT2D eigenvalue weighted by molar-refractivity contribution is 0.239. The van der Waals surface area contributed by atoms with Gasteiger partial charge in [-0.25, -0.2) is 0 Å². The Balaban J connectivity index is 3.10. The summed E-state index contributed by atoms with van der Waals surface area (Å²) < 4.78 is 6.74. The van der Waals surface area contributed by atoms with Crippen LogP contribution in [0, 0.1) is 13.8 Å². The van der Waals surface area contributed by atoms with Crippen LogP contribution in [0.4, 0.5) is 0 Å². The van der Waals surface area contributed by atoms with Gasteiger partial charge >= 0.3 is 0 Å². The molecule has 0 heterocycles. The molecule has 0 radical (unpaired) electrons. The van der Waals surface area contributed by atoms with E-state index in [4.69, 9.17) is 4.74 Å². The van der Waals surface area contributed by atoms with Crippen LogP contribution in [0.2, 0.25) is 0 Å². The van der Waals surface area contributed by atoms with Crippen LogP contribution >= 0.6 is 15.9 Å². The van der Waals surface area contributed by atoms with E-state index in [0.717, 1.165) is 10.2 Å². The fraction of sp³-hybridized carbons (Fsp3) is 0.455. The fourth-order valence-corrected chi connectivity index (χ4v) is 1.66. The molecule has 0 aliphatic carbocycles. The van der Waals surface area contributed by atoms with Crippen molar-refractivity contribution in [1.29, 1.82) is 0 Å². The van der Waals surface area contributed by atoms with E-state index in [1.165, 1.54) is 11.1 Å². The average Bonchev–Trinajstić information content (AvgIpc) is 2.05. The highest BCUT2D eigenvalue weighted by Gasteiger charge is 2.08. The highest BCUT2D eigenvalue weighted by molar-refractivity contribution is 9.10. The molecule has 0 unspecified atom stereocenters. The fourth-order valence-electron chi connectivity index (χ4n) is 1.14. The van der Waals surface area contributed by atoms with Gasteiger partial charge in [-0.2, -0.15) is 0 Å². The lowest BCUT2D eigenvalue weighted by Gasteiger charge is -2.15. The van der Waals surface area contributed by atoms with Crippen molar-refractivity contribution in [3.05, 3.63) is 27.7 Å². The van der Waals surface area contributed by atoms with E-state index in [1.807, 2.05) is 19.9 Å². The molecule has 0 fully saturated rings. The zero-order valence-corrected chi connectivity index (χ0v) is 10.1. The summed E-state index contributed by atoms with van der Waals surface area (Å²) in [7, 11) is 0. The Kier molecular flexibility index (Phi) is 3.37. The predicted molar refractivity (Wildman–Crippen MR) is 59.4 cm³/mol. The van der Waals surface area contributed by atoms with Gasteiger partial charge in [0, 0.05) is 0 Å². The molecular formula is C11H15BrO. The highest BCUT2D eigenvalue weighted by Crippen LogP contribution is 2.31. The Morgan fingerprint density at radius 3 is 2.38 bits per heavy atom. The molecule has 1 aromatic carbocycles. The topological polar surface area (TPSA) is 9.23 Å². The number of rotatable bonds is 2. The molecule has 1 rings (SSSR count). The van der Waals surface area contributed by atoms with Crippen LogP contribution in [0.15, 0.2) is 16.6 Å². The van der Waals surface area contributed by atoms with Gasteiger partial charge in [0.1, 0.15) is 5.75 Å². The zero-order valence-electron chi connectivity index (χ0n) is 8.52. The van der Waals surface area contributed by atoms with Crippen molar-refractivity contribution in [2.24, 2.45) is 0 Å². The first-order chi connectivity index (χ1) is 6.02. The predicted octanol–water partition coefficient (Wildman–Crippen LogP) is 3.85. The summed E-state index contributed by atoms with van der Waals surface area (Å²) in [6, 6.07) is 4.12. The summed E-state index contributed by atoms with van der Waals surface area (Å²) in [5.41, 5.74) is 2.47. The van der Waals surface area contributed by atoms with Gasteiger partial charge in [-0.05, 0) is 60.8 Å². The Bertz CT molecular complexity index is 305. The van der Waals surface area contributed by atoms with Gasteiger partial charge in [0.25, 0.3) is 0 Å². The highest BCUT2D eigenvalue weighted by atomic mass is 79.9. The molecule has 1 nitrogen and oxygen atoms in total. The molecule has 72 valence electrons. The summed E-state index contributed by atoms with van der Waals surface area (Å²) >= 11 is 3.48. The molecule has 0 amide bonds. The molecule has 0 bridgehead atoms. The van der Waals surface area contributed by atoms with E-state index in [-0.39, 0.29) is 6.10 Å². The maximum absolute atomic E-state index is 5.71. The van der Waals surface area contributed by atoms with E-state index in [0.29, 0.717) is 0 Å². The minimum Gasteiger partial charge on any atom is -0.490 e. The summed E-state index contributed by atoms with van der Waals surface area (Å²) in [5, 5.41) is 0. The third kappa shape index (κ3) is 2.47. The molecule has 0 aromatic heterocycles. The van der Waals surface area contributed by atoms with Gasteiger partial charge < -0.3 is 4.74 Å². The normalized spacial score (nSPS) is 10.6. The SMILES string of the molecule is Cc1ccc(Br)c(OC(C)C)c1C.